The van der Waals surface area contributed by atoms with Crippen molar-refractivity contribution in [2.45, 2.75) is 19.6 Å². The van der Waals surface area contributed by atoms with E-state index in [4.69, 9.17) is 0 Å². The molecule has 0 saturated heterocycles. The predicted molar refractivity (Wildman–Crippen MR) is 129 cm³/mol. The summed E-state index contributed by atoms with van der Waals surface area (Å²) >= 11 is 2.00. The van der Waals surface area contributed by atoms with Crippen LogP contribution in [0.5, 0.6) is 0 Å². The second-order valence-electron chi connectivity index (χ2n) is 7.11. The van der Waals surface area contributed by atoms with Crippen LogP contribution in [-0.4, -0.2) is 25.0 Å². The van der Waals surface area contributed by atoms with E-state index in [-0.39, 0.29) is 7.92 Å². The van der Waals surface area contributed by atoms with Crippen LogP contribution in [0.25, 0.3) is 0 Å². The first kappa shape index (κ1) is 21.1. The van der Waals surface area contributed by atoms with E-state index in [9.17, 15) is 0 Å². The third kappa shape index (κ3) is 6.78. The number of hydrogen-bond acceptors (Lipinski definition) is 2. The number of aryl methyl sites for hydroxylation is 2. The van der Waals surface area contributed by atoms with Crippen LogP contribution in [0.3, 0.4) is 0 Å². The number of rotatable bonds is 10. The van der Waals surface area contributed by atoms with Crippen molar-refractivity contribution in [3.8, 4) is 0 Å². The van der Waals surface area contributed by atoms with Crippen molar-refractivity contribution in [2.75, 3.05) is 25.0 Å². The molecular formula is C25H30NPS. The fourth-order valence-electron chi connectivity index (χ4n) is 3.08. The summed E-state index contributed by atoms with van der Waals surface area (Å²) in [5, 5.41) is 6.61. The number of hydrogen-bond donors (Lipinski definition) is 1. The molecule has 1 nitrogen and oxygen atoms in total. The molecular weight excluding hydrogens is 377 g/mol. The van der Waals surface area contributed by atoms with Gasteiger partial charge >= 0.3 is 0 Å². The van der Waals surface area contributed by atoms with Gasteiger partial charge in [-0.3, -0.25) is 0 Å². The van der Waals surface area contributed by atoms with Crippen molar-refractivity contribution in [3.63, 3.8) is 0 Å². The largest absolute Gasteiger partial charge is 0.316 e. The summed E-state index contributed by atoms with van der Waals surface area (Å²) in [4.78, 5) is 0. The molecule has 1 N–H and O–H groups in total. The Morgan fingerprint density at radius 3 is 1.86 bits per heavy atom. The molecule has 0 spiro atoms. The highest BCUT2D eigenvalue weighted by molar-refractivity contribution is 7.98. The first-order valence-electron chi connectivity index (χ1n) is 9.95. The first-order valence-corrected chi connectivity index (χ1v) is 12.6. The Morgan fingerprint density at radius 2 is 1.29 bits per heavy atom. The van der Waals surface area contributed by atoms with Gasteiger partial charge in [0.15, 0.2) is 0 Å². The standard InChI is InChI=1S/C25H30NPS/c1-21-8-12-24(13-9-21)27(25-14-10-22(2)11-15-25)18-16-26-17-19-28-20-23-6-4-3-5-7-23/h3-15,26H,16-20H2,1-2H3. The van der Waals surface area contributed by atoms with Crippen molar-refractivity contribution >= 4 is 30.3 Å². The highest BCUT2D eigenvalue weighted by Gasteiger charge is 2.13. The van der Waals surface area contributed by atoms with E-state index < -0.39 is 0 Å². The molecule has 3 aromatic carbocycles. The lowest BCUT2D eigenvalue weighted by Gasteiger charge is -2.19. The van der Waals surface area contributed by atoms with Gasteiger partial charge in [-0.25, -0.2) is 0 Å². The maximum atomic E-state index is 3.66. The zero-order valence-corrected chi connectivity index (χ0v) is 18.6. The summed E-state index contributed by atoms with van der Waals surface area (Å²) in [7, 11) is -0.306. The first-order chi connectivity index (χ1) is 13.7. The van der Waals surface area contributed by atoms with E-state index in [0.29, 0.717) is 0 Å². The quantitative estimate of drug-likeness (QED) is 0.363. The molecule has 0 fully saturated rings. The fourth-order valence-corrected chi connectivity index (χ4v) is 6.16. The van der Waals surface area contributed by atoms with E-state index >= 15 is 0 Å². The Labute approximate surface area is 175 Å². The Balaban J connectivity index is 1.48. The highest BCUT2D eigenvalue weighted by atomic mass is 32.2. The van der Waals surface area contributed by atoms with Crippen LogP contribution in [-0.2, 0) is 5.75 Å². The topological polar surface area (TPSA) is 12.0 Å². The summed E-state index contributed by atoms with van der Waals surface area (Å²) in [5.41, 5.74) is 4.07. The summed E-state index contributed by atoms with van der Waals surface area (Å²) in [5.74, 6) is 2.25. The lowest BCUT2D eigenvalue weighted by molar-refractivity contribution is 0.773. The highest BCUT2D eigenvalue weighted by Crippen LogP contribution is 2.33. The minimum absolute atomic E-state index is 0.306. The van der Waals surface area contributed by atoms with Crippen LogP contribution in [0.4, 0.5) is 0 Å². The van der Waals surface area contributed by atoms with Gasteiger partial charge in [-0.15, -0.1) is 0 Å². The molecule has 0 heterocycles. The summed E-state index contributed by atoms with van der Waals surface area (Å²) in [6.07, 6.45) is 1.19. The molecule has 0 aliphatic carbocycles. The van der Waals surface area contributed by atoms with E-state index in [1.165, 1.54) is 33.5 Å². The summed E-state index contributed by atoms with van der Waals surface area (Å²) in [6.45, 7) is 6.46. The van der Waals surface area contributed by atoms with E-state index in [2.05, 4.69) is 98.0 Å². The molecule has 0 radical (unpaired) electrons. The Hall–Kier alpha value is -1.60. The molecule has 3 heteroatoms. The zero-order valence-electron chi connectivity index (χ0n) is 16.9. The average Bonchev–Trinajstić information content (AvgIpc) is 2.73. The molecule has 0 aliphatic rings. The molecule has 0 saturated carbocycles. The Kier molecular flexibility index (Phi) is 8.61. The van der Waals surface area contributed by atoms with Crippen molar-refractivity contribution in [1.82, 2.24) is 5.32 Å². The molecule has 28 heavy (non-hydrogen) atoms. The van der Waals surface area contributed by atoms with Gasteiger partial charge < -0.3 is 5.32 Å². The zero-order chi connectivity index (χ0) is 19.6. The maximum absolute atomic E-state index is 3.66. The fraction of sp³-hybridized carbons (Fsp3) is 0.280. The monoisotopic (exact) mass is 407 g/mol. The molecule has 0 amide bonds. The number of benzene rings is 3. The smallest absolute Gasteiger partial charge is 0.0185 e. The number of nitrogens with one attached hydrogen (secondary N) is 1. The molecule has 3 aromatic rings. The maximum Gasteiger partial charge on any atom is 0.0185 e. The molecule has 0 aromatic heterocycles. The predicted octanol–water partition coefficient (Wildman–Crippen LogP) is 5.26. The lowest BCUT2D eigenvalue weighted by Crippen LogP contribution is -2.24. The minimum Gasteiger partial charge on any atom is -0.316 e. The van der Waals surface area contributed by atoms with Gasteiger partial charge in [-0.2, -0.15) is 11.8 Å². The molecule has 0 aliphatic heterocycles. The van der Waals surface area contributed by atoms with Gasteiger partial charge in [0.2, 0.25) is 0 Å². The van der Waals surface area contributed by atoms with Crippen LogP contribution in [0.2, 0.25) is 0 Å². The van der Waals surface area contributed by atoms with Crippen LogP contribution in [0, 0.1) is 13.8 Å². The second kappa shape index (κ2) is 11.4. The van der Waals surface area contributed by atoms with Gasteiger partial charge in [0.1, 0.15) is 0 Å². The third-order valence-electron chi connectivity index (χ3n) is 4.74. The minimum atomic E-state index is -0.306. The van der Waals surface area contributed by atoms with Gasteiger partial charge in [0.25, 0.3) is 0 Å². The average molecular weight is 408 g/mol. The SMILES string of the molecule is Cc1ccc(P(CCNCCSCc2ccccc2)c2ccc(C)cc2)cc1. The molecule has 0 unspecified atom stereocenters. The molecule has 0 atom stereocenters. The van der Waals surface area contributed by atoms with Crippen molar-refractivity contribution < 1.29 is 0 Å². The molecule has 0 bridgehead atoms. The van der Waals surface area contributed by atoms with E-state index in [0.717, 1.165) is 24.6 Å². The third-order valence-corrected chi connectivity index (χ3v) is 8.28. The Morgan fingerprint density at radius 1 is 0.714 bits per heavy atom. The summed E-state index contributed by atoms with van der Waals surface area (Å²) < 4.78 is 0. The lowest BCUT2D eigenvalue weighted by atomic mass is 10.2. The molecule has 3 rings (SSSR count). The van der Waals surface area contributed by atoms with Gasteiger partial charge in [-0.1, -0.05) is 90.0 Å². The van der Waals surface area contributed by atoms with Crippen molar-refractivity contribution in [2.24, 2.45) is 0 Å². The van der Waals surface area contributed by atoms with Crippen LogP contribution >= 0.6 is 19.7 Å². The molecule has 146 valence electrons. The Bertz CT molecular complexity index is 770. The summed E-state index contributed by atoms with van der Waals surface area (Å²) in [6, 6.07) is 29.0. The van der Waals surface area contributed by atoms with Gasteiger partial charge in [-0.05, 0) is 50.6 Å². The normalized spacial score (nSPS) is 11.1. The van der Waals surface area contributed by atoms with E-state index in [1.807, 2.05) is 11.8 Å². The van der Waals surface area contributed by atoms with Crippen LogP contribution < -0.4 is 15.9 Å². The number of thioether (sulfide) groups is 1. The van der Waals surface area contributed by atoms with Gasteiger partial charge in [0, 0.05) is 18.1 Å². The van der Waals surface area contributed by atoms with Crippen molar-refractivity contribution in [1.29, 1.82) is 0 Å². The van der Waals surface area contributed by atoms with E-state index in [1.54, 1.807) is 0 Å². The van der Waals surface area contributed by atoms with Crippen molar-refractivity contribution in [3.05, 3.63) is 95.6 Å². The second-order valence-corrected chi connectivity index (χ2v) is 10.6. The van der Waals surface area contributed by atoms with Crippen LogP contribution in [0.1, 0.15) is 16.7 Å². The van der Waals surface area contributed by atoms with Crippen LogP contribution in [0.15, 0.2) is 78.9 Å². The van der Waals surface area contributed by atoms with Gasteiger partial charge in [0.05, 0.1) is 0 Å².